The van der Waals surface area contributed by atoms with E-state index in [4.69, 9.17) is 9.84 Å². The number of ether oxygens (including phenoxy) is 1. The maximum absolute atomic E-state index is 13.6. The van der Waals surface area contributed by atoms with E-state index in [1.54, 1.807) is 17.1 Å². The van der Waals surface area contributed by atoms with Gasteiger partial charge in [0, 0.05) is 12.1 Å². The van der Waals surface area contributed by atoms with Gasteiger partial charge in [-0.2, -0.15) is 5.10 Å². The van der Waals surface area contributed by atoms with Gasteiger partial charge < -0.3 is 9.84 Å². The van der Waals surface area contributed by atoms with Crippen LogP contribution in [-0.2, 0) is 13.2 Å². The molecule has 0 radical (unpaired) electrons. The molecule has 0 atom stereocenters. The highest BCUT2D eigenvalue weighted by Crippen LogP contribution is 2.15. The maximum atomic E-state index is 13.6. The average molecular weight is 278 g/mol. The smallest absolute Gasteiger partial charge is 0.335 e. The third-order valence-corrected chi connectivity index (χ3v) is 2.75. The summed E-state index contributed by atoms with van der Waals surface area (Å²) in [6.45, 7) is 2.78. The molecular weight excluding hydrogens is 263 g/mol. The van der Waals surface area contributed by atoms with E-state index in [0.717, 1.165) is 19.0 Å². The van der Waals surface area contributed by atoms with Crippen LogP contribution in [0.25, 0.3) is 0 Å². The van der Waals surface area contributed by atoms with E-state index >= 15 is 0 Å². The normalized spacial score (nSPS) is 10.5. The summed E-state index contributed by atoms with van der Waals surface area (Å²) in [5, 5.41) is 13.0. The lowest BCUT2D eigenvalue weighted by molar-refractivity contribution is 0.0696. The second-order valence-corrected chi connectivity index (χ2v) is 4.34. The average Bonchev–Trinajstić information content (AvgIpc) is 2.86. The second-order valence-electron chi connectivity index (χ2n) is 4.34. The molecule has 0 aliphatic carbocycles. The minimum Gasteiger partial charge on any atom is -0.486 e. The van der Waals surface area contributed by atoms with Crippen molar-refractivity contribution in [3.63, 3.8) is 0 Å². The van der Waals surface area contributed by atoms with Crippen LogP contribution < -0.4 is 4.74 Å². The number of halogens is 1. The van der Waals surface area contributed by atoms with Crippen LogP contribution in [0.1, 0.15) is 29.3 Å². The van der Waals surface area contributed by atoms with Gasteiger partial charge in [-0.3, -0.25) is 4.68 Å². The molecule has 0 spiro atoms. The Labute approximate surface area is 115 Å². The van der Waals surface area contributed by atoms with E-state index in [1.807, 2.05) is 6.92 Å². The standard InChI is InChI=1S/C14H15FN2O3/c1-2-5-17-8-12(7-16-17)20-9-11-6-10(14(18)19)3-4-13(11)15/h3-4,6-8H,2,5,9H2,1H3,(H,18,19). The molecule has 1 N–H and O–H groups in total. The molecule has 20 heavy (non-hydrogen) atoms. The number of rotatable bonds is 6. The number of carbonyl (C=O) groups is 1. The molecule has 1 heterocycles. The first-order valence-corrected chi connectivity index (χ1v) is 6.27. The lowest BCUT2D eigenvalue weighted by atomic mass is 10.1. The third kappa shape index (κ3) is 3.34. The van der Waals surface area contributed by atoms with Crippen LogP contribution in [0.3, 0.4) is 0 Å². The van der Waals surface area contributed by atoms with Crippen molar-refractivity contribution in [3.05, 3.63) is 47.5 Å². The van der Waals surface area contributed by atoms with Crippen LogP contribution >= 0.6 is 0 Å². The van der Waals surface area contributed by atoms with Gasteiger partial charge in [-0.25, -0.2) is 9.18 Å². The van der Waals surface area contributed by atoms with Crippen LogP contribution in [0.4, 0.5) is 4.39 Å². The largest absolute Gasteiger partial charge is 0.486 e. The monoisotopic (exact) mass is 278 g/mol. The number of nitrogens with zero attached hydrogens (tertiary/aromatic N) is 2. The topological polar surface area (TPSA) is 64.3 Å². The van der Waals surface area contributed by atoms with Crippen molar-refractivity contribution in [1.82, 2.24) is 9.78 Å². The maximum Gasteiger partial charge on any atom is 0.335 e. The summed E-state index contributed by atoms with van der Waals surface area (Å²) >= 11 is 0. The van der Waals surface area contributed by atoms with Gasteiger partial charge in [-0.05, 0) is 24.6 Å². The molecule has 2 aromatic rings. The molecule has 0 bridgehead atoms. The predicted molar refractivity (Wildman–Crippen MR) is 70.2 cm³/mol. The van der Waals surface area contributed by atoms with E-state index < -0.39 is 11.8 Å². The first-order chi connectivity index (χ1) is 9.60. The number of carboxylic acids is 1. The summed E-state index contributed by atoms with van der Waals surface area (Å²) in [6.07, 6.45) is 4.23. The molecule has 0 unspecified atom stereocenters. The Kier molecular flexibility index (Phi) is 4.34. The molecule has 6 heteroatoms. The SMILES string of the molecule is CCCn1cc(OCc2cc(C(=O)O)ccc2F)cn1. The Morgan fingerprint density at radius 2 is 2.30 bits per heavy atom. The van der Waals surface area contributed by atoms with Crippen LogP contribution in [0.5, 0.6) is 5.75 Å². The van der Waals surface area contributed by atoms with Crippen molar-refractivity contribution in [3.8, 4) is 5.75 Å². The molecule has 0 saturated carbocycles. The molecule has 0 fully saturated rings. The first-order valence-electron chi connectivity index (χ1n) is 6.27. The van der Waals surface area contributed by atoms with Crippen LogP contribution in [-0.4, -0.2) is 20.9 Å². The highest BCUT2D eigenvalue weighted by molar-refractivity contribution is 5.87. The molecule has 0 amide bonds. The van der Waals surface area contributed by atoms with Crippen molar-refractivity contribution in [1.29, 1.82) is 0 Å². The number of aromatic carboxylic acids is 1. The Bertz CT molecular complexity index is 610. The zero-order valence-corrected chi connectivity index (χ0v) is 11.0. The highest BCUT2D eigenvalue weighted by atomic mass is 19.1. The quantitative estimate of drug-likeness (QED) is 0.882. The fourth-order valence-corrected chi connectivity index (χ4v) is 1.75. The van der Waals surface area contributed by atoms with Gasteiger partial charge in [0.2, 0.25) is 0 Å². The van der Waals surface area contributed by atoms with Gasteiger partial charge in [0.1, 0.15) is 12.4 Å². The Balaban J connectivity index is 2.05. The molecule has 5 nitrogen and oxygen atoms in total. The summed E-state index contributed by atoms with van der Waals surface area (Å²) in [7, 11) is 0. The summed E-state index contributed by atoms with van der Waals surface area (Å²) in [5.74, 6) is -1.06. The van der Waals surface area contributed by atoms with Gasteiger partial charge in [0.15, 0.2) is 5.75 Å². The number of hydrogen-bond donors (Lipinski definition) is 1. The molecule has 0 aliphatic rings. The molecular formula is C14H15FN2O3. The van der Waals surface area contributed by atoms with Crippen molar-refractivity contribution >= 4 is 5.97 Å². The fraction of sp³-hybridized carbons (Fsp3) is 0.286. The van der Waals surface area contributed by atoms with Gasteiger partial charge in [-0.1, -0.05) is 6.92 Å². The molecule has 1 aromatic heterocycles. The van der Waals surface area contributed by atoms with E-state index in [1.165, 1.54) is 12.1 Å². The lowest BCUT2D eigenvalue weighted by Gasteiger charge is -2.06. The van der Waals surface area contributed by atoms with Gasteiger partial charge in [-0.15, -0.1) is 0 Å². The number of aromatic nitrogens is 2. The van der Waals surface area contributed by atoms with E-state index in [-0.39, 0.29) is 17.7 Å². The van der Waals surface area contributed by atoms with Gasteiger partial charge in [0.25, 0.3) is 0 Å². The summed E-state index contributed by atoms with van der Waals surface area (Å²) in [4.78, 5) is 10.8. The highest BCUT2D eigenvalue weighted by Gasteiger charge is 2.09. The number of hydrogen-bond acceptors (Lipinski definition) is 3. The van der Waals surface area contributed by atoms with Crippen molar-refractivity contribution in [2.24, 2.45) is 0 Å². The Morgan fingerprint density at radius 3 is 3.00 bits per heavy atom. The zero-order chi connectivity index (χ0) is 14.5. The molecule has 0 aliphatic heterocycles. The fourth-order valence-electron chi connectivity index (χ4n) is 1.75. The second kappa shape index (κ2) is 6.18. The van der Waals surface area contributed by atoms with E-state index in [0.29, 0.717) is 5.75 Å². The Hall–Kier alpha value is -2.37. The van der Waals surface area contributed by atoms with E-state index in [2.05, 4.69) is 5.10 Å². The lowest BCUT2D eigenvalue weighted by Crippen LogP contribution is -2.03. The van der Waals surface area contributed by atoms with Gasteiger partial charge >= 0.3 is 5.97 Å². The molecule has 0 saturated heterocycles. The number of benzene rings is 1. The van der Waals surface area contributed by atoms with Crippen molar-refractivity contribution < 1.29 is 19.0 Å². The summed E-state index contributed by atoms with van der Waals surface area (Å²) in [5.41, 5.74) is 0.236. The predicted octanol–water partition coefficient (Wildman–Crippen LogP) is 2.71. The first kappa shape index (κ1) is 14.0. The Morgan fingerprint density at radius 1 is 1.50 bits per heavy atom. The number of aryl methyl sites for hydroxylation is 1. The third-order valence-electron chi connectivity index (χ3n) is 2.75. The molecule has 2 rings (SSSR count). The van der Waals surface area contributed by atoms with Crippen LogP contribution in [0, 0.1) is 5.82 Å². The van der Waals surface area contributed by atoms with Crippen LogP contribution in [0.15, 0.2) is 30.6 Å². The minimum atomic E-state index is -1.10. The molecule has 1 aromatic carbocycles. The van der Waals surface area contributed by atoms with Crippen molar-refractivity contribution in [2.45, 2.75) is 26.5 Å². The zero-order valence-electron chi connectivity index (χ0n) is 11.0. The van der Waals surface area contributed by atoms with E-state index in [9.17, 15) is 9.18 Å². The molecule has 106 valence electrons. The van der Waals surface area contributed by atoms with Crippen molar-refractivity contribution in [2.75, 3.05) is 0 Å². The summed E-state index contributed by atoms with van der Waals surface area (Å²) < 4.78 is 20.7. The number of carboxylic acid groups (broad SMARTS) is 1. The minimum absolute atomic E-state index is 0.0340. The van der Waals surface area contributed by atoms with Gasteiger partial charge in [0.05, 0.1) is 18.0 Å². The summed E-state index contributed by atoms with van der Waals surface area (Å²) in [6, 6.07) is 3.62. The van der Waals surface area contributed by atoms with Crippen LogP contribution in [0.2, 0.25) is 0 Å².